The van der Waals surface area contributed by atoms with Gasteiger partial charge in [0.05, 0.1) is 0 Å². The quantitative estimate of drug-likeness (QED) is 0.209. The summed E-state index contributed by atoms with van der Waals surface area (Å²) >= 11 is 5.72. The van der Waals surface area contributed by atoms with Crippen molar-refractivity contribution in [2.24, 2.45) is 23.7 Å². The molecule has 0 spiro atoms. The molecular weight excluding hydrogens is 599 g/mol. The monoisotopic (exact) mass is 669 g/mol. The molecule has 1 aliphatic rings. The predicted octanol–water partition coefficient (Wildman–Crippen LogP) is 15.3. The van der Waals surface area contributed by atoms with E-state index >= 15 is 0 Å². The first-order valence-electron chi connectivity index (χ1n) is 17.7. The zero-order valence-electron chi connectivity index (χ0n) is 32.2. The Bertz CT molecular complexity index is 938. The molecule has 3 radical (unpaired) electrons. The molecule has 0 saturated heterocycles. The van der Waals surface area contributed by atoms with Crippen LogP contribution in [0.5, 0.6) is 0 Å². The largest absolute Gasteiger partial charge is 0.148 e. The molecule has 255 valence electrons. The Morgan fingerprint density at radius 1 is 0.467 bits per heavy atom. The van der Waals surface area contributed by atoms with Crippen molar-refractivity contribution in [3.05, 3.63) is 65.7 Å². The van der Waals surface area contributed by atoms with Crippen LogP contribution in [0.15, 0.2) is 35.0 Å². The van der Waals surface area contributed by atoms with Gasteiger partial charge in [-0.1, -0.05) is 111 Å². The molecule has 0 amide bonds. The highest BCUT2D eigenvalue weighted by atomic mass is 32.1. The first-order chi connectivity index (χ1) is 20.4. The molecule has 0 aromatic carbocycles. The first-order valence-corrected chi connectivity index (χ1v) is 20.3. The van der Waals surface area contributed by atoms with Gasteiger partial charge in [0.15, 0.2) is 0 Å². The molecule has 0 aliphatic heterocycles. The molecule has 0 nitrogen and oxygen atoms in total. The van der Waals surface area contributed by atoms with Gasteiger partial charge in [-0.05, 0) is 125 Å². The Labute approximate surface area is 295 Å². The molecule has 1 fully saturated rings. The second kappa shape index (κ2) is 21.9. The zero-order valence-corrected chi connectivity index (χ0v) is 34.6. The Morgan fingerprint density at radius 3 is 0.933 bits per heavy atom. The maximum Gasteiger partial charge on any atom is 0.00737 e. The third kappa shape index (κ3) is 16.2. The molecule has 3 heterocycles. The number of rotatable bonds is 8. The summed E-state index contributed by atoms with van der Waals surface area (Å²) in [4.78, 5) is 6.03. The molecular formula is C41H70BS3. The summed E-state index contributed by atoms with van der Waals surface area (Å²) in [7, 11) is 0. The van der Waals surface area contributed by atoms with Crippen LogP contribution in [0.25, 0.3) is 0 Å². The van der Waals surface area contributed by atoms with E-state index in [1.165, 1.54) is 49.9 Å². The van der Waals surface area contributed by atoms with Crippen LogP contribution in [0, 0.1) is 23.7 Å². The van der Waals surface area contributed by atoms with E-state index in [-0.39, 0.29) is 8.41 Å². The van der Waals surface area contributed by atoms with Gasteiger partial charge in [-0.2, -0.15) is 0 Å². The fraction of sp³-hybridized carbons (Fsp3) is 0.707. The van der Waals surface area contributed by atoms with Gasteiger partial charge in [-0.15, -0.1) is 34.0 Å². The van der Waals surface area contributed by atoms with Crippen LogP contribution in [0.1, 0.15) is 196 Å². The lowest BCUT2D eigenvalue weighted by molar-refractivity contribution is 0.340. The highest BCUT2D eigenvalue weighted by molar-refractivity contribution is 7.12. The summed E-state index contributed by atoms with van der Waals surface area (Å²) in [6.07, 6.45) is 4.47. The maximum absolute atomic E-state index is 2.37. The number of hydrogen-bond acceptors (Lipinski definition) is 3. The minimum absolute atomic E-state index is 0. The Balaban J connectivity index is 0.000000569. The highest BCUT2D eigenvalue weighted by Gasteiger charge is 2.28. The van der Waals surface area contributed by atoms with Crippen molar-refractivity contribution in [3.63, 3.8) is 0 Å². The average Bonchev–Trinajstić information content (AvgIpc) is 3.76. The van der Waals surface area contributed by atoms with Crippen LogP contribution < -0.4 is 0 Å². The van der Waals surface area contributed by atoms with Crippen LogP contribution in [0.3, 0.4) is 0 Å². The SMILES string of the molecule is CC(C)C1CCC(C(C)C)C1.CC(C)c1ccc(C(C)C)s1.CC(C)c1csc(C(C)C)c1.CC(C)c1csc(C(C)C)c1.[B]. The molecule has 4 heteroatoms. The topological polar surface area (TPSA) is 0 Å². The first kappa shape index (κ1) is 44.2. The molecule has 2 unspecified atom stereocenters. The van der Waals surface area contributed by atoms with Gasteiger partial charge in [0.2, 0.25) is 0 Å². The third-order valence-electron chi connectivity index (χ3n) is 8.94. The van der Waals surface area contributed by atoms with Crippen molar-refractivity contribution in [3.8, 4) is 0 Å². The van der Waals surface area contributed by atoms with E-state index in [1.807, 2.05) is 34.0 Å². The molecule has 3 aromatic rings. The van der Waals surface area contributed by atoms with E-state index in [4.69, 9.17) is 0 Å². The van der Waals surface area contributed by atoms with Gasteiger partial charge in [-0.3, -0.25) is 0 Å². The number of thiophene rings is 3. The van der Waals surface area contributed by atoms with Crippen molar-refractivity contribution >= 4 is 42.4 Å². The van der Waals surface area contributed by atoms with Gasteiger partial charge in [0.1, 0.15) is 0 Å². The lowest BCUT2D eigenvalue weighted by atomic mass is 9.89. The van der Waals surface area contributed by atoms with Crippen molar-refractivity contribution in [2.45, 2.75) is 166 Å². The molecule has 1 aliphatic carbocycles. The second-order valence-corrected chi connectivity index (χ2v) is 18.6. The molecule has 2 atom stereocenters. The van der Waals surface area contributed by atoms with Crippen molar-refractivity contribution in [2.75, 3.05) is 0 Å². The summed E-state index contributed by atoms with van der Waals surface area (Å²) in [6.45, 7) is 36.4. The fourth-order valence-corrected chi connectivity index (χ4v) is 8.39. The lowest BCUT2D eigenvalue weighted by Crippen LogP contribution is -2.07. The maximum atomic E-state index is 2.37. The van der Waals surface area contributed by atoms with E-state index in [0.717, 1.165) is 23.7 Å². The smallest absolute Gasteiger partial charge is 0.00737 e. The normalized spacial score (nSPS) is 16.3. The van der Waals surface area contributed by atoms with Crippen molar-refractivity contribution < 1.29 is 0 Å². The molecule has 0 bridgehead atoms. The standard InChI is InChI=1S/C11H22.3C10H16S.B/c1-8(2)10-5-6-11(7-10)9(3)4;2*1-7(2)9-5-10(8(3)4)11-6-9;1-7(2)9-5-6-10(11-9)8(3)4;/h8-11H,5-7H2,1-4H3;3*5-8H,1-4H3;. The molecule has 0 N–H and O–H groups in total. The summed E-state index contributed by atoms with van der Waals surface area (Å²) < 4.78 is 0. The van der Waals surface area contributed by atoms with Gasteiger partial charge in [0, 0.05) is 27.9 Å². The van der Waals surface area contributed by atoms with Crippen LogP contribution in [-0.4, -0.2) is 8.41 Å². The van der Waals surface area contributed by atoms with Crippen LogP contribution in [0.2, 0.25) is 0 Å². The summed E-state index contributed by atoms with van der Waals surface area (Å²) in [5.74, 6) is 8.00. The minimum Gasteiger partial charge on any atom is -0.148 e. The van der Waals surface area contributed by atoms with E-state index in [9.17, 15) is 0 Å². The molecule has 4 rings (SSSR count). The second-order valence-electron chi connectivity index (χ2n) is 15.6. The van der Waals surface area contributed by atoms with Crippen molar-refractivity contribution in [1.29, 1.82) is 0 Å². The third-order valence-corrected chi connectivity index (χ3v) is 13.1. The van der Waals surface area contributed by atoms with E-state index < -0.39 is 0 Å². The molecule has 3 aromatic heterocycles. The average molecular weight is 670 g/mol. The molecule has 1 saturated carbocycles. The van der Waals surface area contributed by atoms with Gasteiger partial charge in [-0.25, -0.2) is 0 Å². The van der Waals surface area contributed by atoms with Crippen LogP contribution >= 0.6 is 34.0 Å². The van der Waals surface area contributed by atoms with E-state index in [2.05, 4.69) is 146 Å². The Morgan fingerprint density at radius 2 is 0.778 bits per heavy atom. The minimum atomic E-state index is 0. The van der Waals surface area contributed by atoms with E-state index in [0.29, 0.717) is 35.5 Å². The van der Waals surface area contributed by atoms with Crippen LogP contribution in [-0.2, 0) is 0 Å². The van der Waals surface area contributed by atoms with Crippen LogP contribution in [0.4, 0.5) is 0 Å². The van der Waals surface area contributed by atoms with Gasteiger partial charge >= 0.3 is 0 Å². The Kier molecular flexibility index (Phi) is 21.5. The Hall–Kier alpha value is -0.835. The van der Waals surface area contributed by atoms with Gasteiger partial charge < -0.3 is 0 Å². The fourth-order valence-electron chi connectivity index (χ4n) is 5.20. The highest BCUT2D eigenvalue weighted by Crippen LogP contribution is 2.39. The summed E-state index contributed by atoms with van der Waals surface area (Å²) in [6, 6.07) is 9.18. The number of hydrogen-bond donors (Lipinski definition) is 0. The summed E-state index contributed by atoms with van der Waals surface area (Å²) in [5.41, 5.74) is 2.97. The predicted molar refractivity (Wildman–Crippen MR) is 214 cm³/mol. The van der Waals surface area contributed by atoms with Gasteiger partial charge in [0.25, 0.3) is 0 Å². The van der Waals surface area contributed by atoms with E-state index in [1.54, 1.807) is 0 Å². The lowest BCUT2D eigenvalue weighted by Gasteiger charge is -2.16. The summed E-state index contributed by atoms with van der Waals surface area (Å²) in [5, 5.41) is 4.56. The van der Waals surface area contributed by atoms with Crippen molar-refractivity contribution in [1.82, 2.24) is 0 Å². The molecule has 45 heavy (non-hydrogen) atoms. The zero-order chi connectivity index (χ0) is 33.7.